The van der Waals surface area contributed by atoms with Crippen molar-refractivity contribution in [3.05, 3.63) is 24.3 Å². The molecule has 1 atom stereocenters. The second-order valence-electron chi connectivity index (χ2n) is 3.41. The van der Waals surface area contributed by atoms with Crippen LogP contribution in [0.4, 0.5) is 0 Å². The Kier molecular flexibility index (Phi) is 7.48. The quantitative estimate of drug-likeness (QED) is 0.496. The van der Waals surface area contributed by atoms with Crippen molar-refractivity contribution in [1.82, 2.24) is 0 Å². The van der Waals surface area contributed by atoms with Gasteiger partial charge in [-0.05, 0) is 41.3 Å². The molecule has 0 radical (unpaired) electrons. The largest absolute Gasteiger partial charge is 1.00 e. The number of rotatable bonds is 4. The molecule has 0 spiro atoms. The van der Waals surface area contributed by atoms with Gasteiger partial charge in [-0.15, -0.1) is 0 Å². The molecule has 0 fully saturated rings. The summed E-state index contributed by atoms with van der Waals surface area (Å²) < 4.78 is 26.5. The first-order valence-corrected chi connectivity index (χ1v) is 5.49. The topological polar surface area (TPSA) is 49.4 Å². The molecule has 0 amide bonds. The van der Waals surface area contributed by atoms with Crippen LogP contribution < -0.4 is 34.3 Å². The monoisotopic (exact) mass is 236 g/mol. The van der Waals surface area contributed by atoms with E-state index in [4.69, 9.17) is 4.74 Å². The summed E-state index contributed by atoms with van der Waals surface area (Å²) in [5, 5.41) is 0. The van der Waals surface area contributed by atoms with E-state index in [9.17, 15) is 8.76 Å². The van der Waals surface area contributed by atoms with E-state index in [-0.39, 0.29) is 34.5 Å². The second kappa shape index (κ2) is 7.41. The Labute approximate surface area is 115 Å². The molecule has 1 aromatic carbocycles. The first-order chi connectivity index (χ1) is 6.59. The molecule has 5 heteroatoms. The molecule has 0 aliphatic carbocycles. The molecule has 0 bridgehead atoms. The van der Waals surface area contributed by atoms with Crippen LogP contribution in [0, 0.1) is 5.92 Å². The Morgan fingerprint density at radius 3 is 2.27 bits per heavy atom. The van der Waals surface area contributed by atoms with Crippen LogP contribution in [0.25, 0.3) is 0 Å². The van der Waals surface area contributed by atoms with Crippen LogP contribution in [-0.2, 0) is 11.1 Å². The van der Waals surface area contributed by atoms with Crippen LogP contribution in [-0.4, -0.2) is 15.4 Å². The Morgan fingerprint density at radius 2 is 1.87 bits per heavy atom. The Hall–Kier alpha value is 0.130. The molecule has 0 N–H and O–H groups in total. The summed E-state index contributed by atoms with van der Waals surface area (Å²) in [6.07, 6.45) is 0. The molecule has 3 nitrogen and oxygen atoms in total. The fraction of sp³-hybridized carbons (Fsp3) is 0.400. The summed E-state index contributed by atoms with van der Waals surface area (Å²) in [5.41, 5.74) is 0. The summed E-state index contributed by atoms with van der Waals surface area (Å²) in [7, 11) is 0. The molecule has 78 valence electrons. The van der Waals surface area contributed by atoms with E-state index in [0.717, 1.165) is 0 Å². The van der Waals surface area contributed by atoms with Gasteiger partial charge in [0, 0.05) is 4.90 Å². The van der Waals surface area contributed by atoms with E-state index in [2.05, 4.69) is 13.8 Å². The van der Waals surface area contributed by atoms with Crippen molar-refractivity contribution in [1.29, 1.82) is 0 Å². The van der Waals surface area contributed by atoms with Gasteiger partial charge in [0.15, 0.2) is 0 Å². The Morgan fingerprint density at radius 1 is 1.33 bits per heavy atom. The molecule has 1 unspecified atom stereocenters. The molecular weight excluding hydrogens is 223 g/mol. The maximum Gasteiger partial charge on any atom is 1.00 e. The minimum Gasteiger partial charge on any atom is -0.768 e. The summed E-state index contributed by atoms with van der Waals surface area (Å²) in [5.74, 6) is 1.16. The van der Waals surface area contributed by atoms with Crippen LogP contribution in [0.15, 0.2) is 29.2 Å². The third-order valence-electron chi connectivity index (χ3n) is 1.60. The van der Waals surface area contributed by atoms with Gasteiger partial charge in [-0.1, -0.05) is 13.8 Å². The van der Waals surface area contributed by atoms with Gasteiger partial charge in [-0.25, -0.2) is 0 Å². The number of benzene rings is 1. The fourth-order valence-electron chi connectivity index (χ4n) is 0.910. The number of hydrogen-bond acceptors (Lipinski definition) is 3. The Balaban J connectivity index is 0.00000196. The van der Waals surface area contributed by atoms with Crippen molar-refractivity contribution in [2.75, 3.05) is 6.61 Å². The zero-order valence-electron chi connectivity index (χ0n) is 9.23. The molecule has 0 aliphatic rings. The van der Waals surface area contributed by atoms with Crippen molar-refractivity contribution >= 4 is 11.1 Å². The SMILES string of the molecule is CC(C)COc1ccc(S(=O)[O-])cc1.[Na+]. The van der Waals surface area contributed by atoms with E-state index in [1.54, 1.807) is 12.1 Å². The summed E-state index contributed by atoms with van der Waals surface area (Å²) in [6.45, 7) is 4.75. The van der Waals surface area contributed by atoms with Gasteiger partial charge in [0.05, 0.1) is 6.61 Å². The zero-order valence-corrected chi connectivity index (χ0v) is 12.0. The molecule has 1 rings (SSSR count). The molecule has 1 aromatic rings. The molecule has 0 aliphatic heterocycles. The Bertz CT molecular complexity index is 311. The zero-order chi connectivity index (χ0) is 10.6. The first kappa shape index (κ1) is 15.1. The van der Waals surface area contributed by atoms with E-state index < -0.39 is 11.1 Å². The van der Waals surface area contributed by atoms with E-state index in [1.807, 2.05) is 0 Å². The van der Waals surface area contributed by atoms with Crippen LogP contribution >= 0.6 is 0 Å². The van der Waals surface area contributed by atoms with E-state index >= 15 is 0 Å². The average Bonchev–Trinajstić information content (AvgIpc) is 2.15. The maximum absolute atomic E-state index is 10.5. The van der Waals surface area contributed by atoms with Gasteiger partial charge < -0.3 is 9.29 Å². The predicted octanol–water partition coefficient (Wildman–Crippen LogP) is -1.04. The van der Waals surface area contributed by atoms with Crippen molar-refractivity contribution in [2.45, 2.75) is 18.7 Å². The summed E-state index contributed by atoms with van der Waals surface area (Å²) >= 11 is -2.16. The molecule has 0 saturated heterocycles. The van der Waals surface area contributed by atoms with Gasteiger partial charge >= 0.3 is 29.6 Å². The molecule has 0 saturated carbocycles. The summed E-state index contributed by atoms with van der Waals surface area (Å²) in [4.78, 5) is 0.280. The van der Waals surface area contributed by atoms with Crippen LogP contribution in [0.5, 0.6) is 5.75 Å². The number of hydrogen-bond donors (Lipinski definition) is 0. The minimum atomic E-state index is -2.16. The van der Waals surface area contributed by atoms with Crippen LogP contribution in [0.3, 0.4) is 0 Å². The normalized spacial score (nSPS) is 12.0. The van der Waals surface area contributed by atoms with Gasteiger partial charge in [0.1, 0.15) is 5.75 Å². The molecule has 0 aromatic heterocycles. The fourth-order valence-corrected chi connectivity index (χ4v) is 1.27. The van der Waals surface area contributed by atoms with Crippen molar-refractivity contribution < 1.29 is 43.1 Å². The van der Waals surface area contributed by atoms with Gasteiger partial charge in [-0.3, -0.25) is 4.21 Å². The minimum absolute atomic E-state index is 0. The molecule has 15 heavy (non-hydrogen) atoms. The molecule has 0 heterocycles. The standard InChI is InChI=1S/C10H14O3S.Na/c1-8(2)7-13-9-3-5-10(6-4-9)14(11)12;/h3-6,8H,7H2,1-2H3,(H,11,12);/q;+1/p-1. The third-order valence-corrected chi connectivity index (χ3v) is 2.26. The summed E-state index contributed by atoms with van der Waals surface area (Å²) in [6, 6.07) is 6.37. The predicted molar refractivity (Wildman–Crippen MR) is 54.0 cm³/mol. The number of ether oxygens (including phenoxy) is 1. The van der Waals surface area contributed by atoms with Gasteiger partial charge in [-0.2, -0.15) is 0 Å². The van der Waals surface area contributed by atoms with Gasteiger partial charge in [0.25, 0.3) is 0 Å². The third kappa shape index (κ3) is 5.68. The maximum atomic E-state index is 10.5. The van der Waals surface area contributed by atoms with Crippen LogP contribution in [0.1, 0.15) is 13.8 Å². The smallest absolute Gasteiger partial charge is 0.768 e. The van der Waals surface area contributed by atoms with Crippen molar-refractivity contribution in [3.8, 4) is 5.75 Å². The van der Waals surface area contributed by atoms with E-state index in [0.29, 0.717) is 18.3 Å². The van der Waals surface area contributed by atoms with Crippen molar-refractivity contribution in [2.24, 2.45) is 5.92 Å². The van der Waals surface area contributed by atoms with Crippen molar-refractivity contribution in [3.63, 3.8) is 0 Å². The first-order valence-electron chi connectivity index (χ1n) is 4.41. The van der Waals surface area contributed by atoms with E-state index in [1.165, 1.54) is 12.1 Å². The molecular formula is C10H13NaO3S. The average molecular weight is 236 g/mol. The second-order valence-corrected chi connectivity index (χ2v) is 4.35. The van der Waals surface area contributed by atoms with Gasteiger partial charge in [0.2, 0.25) is 0 Å². The van der Waals surface area contributed by atoms with Crippen LogP contribution in [0.2, 0.25) is 0 Å².